The second-order valence-corrected chi connectivity index (χ2v) is 13.5. The van der Waals surface area contributed by atoms with Crippen LogP contribution in [0.25, 0.3) is 11.1 Å². The lowest BCUT2D eigenvalue weighted by molar-refractivity contribution is -0.160. The molecule has 1 N–H and O–H groups in total. The van der Waals surface area contributed by atoms with E-state index in [-0.39, 0.29) is 5.41 Å². The predicted molar refractivity (Wildman–Crippen MR) is 165 cm³/mol. The number of hydrogen-bond donors (Lipinski definition) is 1. The Morgan fingerprint density at radius 1 is 1.00 bits per heavy atom. The van der Waals surface area contributed by atoms with Crippen molar-refractivity contribution in [3.8, 4) is 16.9 Å². The van der Waals surface area contributed by atoms with E-state index < -0.39 is 17.7 Å². The summed E-state index contributed by atoms with van der Waals surface area (Å²) >= 11 is 0. The fourth-order valence-corrected chi connectivity index (χ4v) is 5.84. The third kappa shape index (κ3) is 7.99. The number of aromatic nitrogens is 1. The van der Waals surface area contributed by atoms with Gasteiger partial charge in [-0.05, 0) is 77.6 Å². The van der Waals surface area contributed by atoms with Crippen LogP contribution in [-0.4, -0.2) is 90.9 Å². The normalized spacial score (nSPS) is 19.3. The Labute approximate surface area is 246 Å². The van der Waals surface area contributed by atoms with Crippen LogP contribution in [0.5, 0.6) is 5.75 Å². The van der Waals surface area contributed by atoms with Crippen LogP contribution in [0, 0.1) is 19.3 Å². The SMILES string of the molecule is Cc1nc(C)c([C@H](OC(C)(C)C)C(=O)O)c(N2CCC(C)(C)CC2)c1-c1ccc(OCCN2CCN(C)CC2)cc1. The maximum atomic E-state index is 12.7. The van der Waals surface area contributed by atoms with Gasteiger partial charge in [-0.3, -0.25) is 9.88 Å². The summed E-state index contributed by atoms with van der Waals surface area (Å²) in [4.78, 5) is 24.7. The minimum absolute atomic E-state index is 0.255. The largest absolute Gasteiger partial charge is 0.492 e. The van der Waals surface area contributed by atoms with Crippen molar-refractivity contribution < 1.29 is 19.4 Å². The second kappa shape index (κ2) is 12.7. The van der Waals surface area contributed by atoms with E-state index in [1.807, 2.05) is 46.8 Å². The standard InChI is InChI=1S/C33H50N4O4/c1-23-27(25-9-11-26(12-10-25)40-22-21-36-19-17-35(8)18-20-36)29(37-15-13-33(6,7)14-16-37)28(24(2)34-23)30(31(38)39)41-32(3,4)5/h9-12,30H,13-22H2,1-8H3,(H,38,39)/t30-/m0/s1. The molecule has 2 aromatic rings. The number of anilines is 1. The third-order valence-corrected chi connectivity index (χ3v) is 8.39. The van der Waals surface area contributed by atoms with Gasteiger partial charge in [-0.1, -0.05) is 26.0 Å². The van der Waals surface area contributed by atoms with Crippen molar-refractivity contribution in [2.45, 2.75) is 73.0 Å². The smallest absolute Gasteiger partial charge is 0.337 e. The molecule has 0 saturated carbocycles. The first kappa shape index (κ1) is 31.3. The van der Waals surface area contributed by atoms with Gasteiger partial charge in [-0.25, -0.2) is 4.79 Å². The van der Waals surface area contributed by atoms with E-state index in [0.717, 1.165) is 86.9 Å². The highest BCUT2D eigenvalue weighted by molar-refractivity contribution is 5.88. The van der Waals surface area contributed by atoms with Crippen LogP contribution in [0.4, 0.5) is 5.69 Å². The monoisotopic (exact) mass is 566 g/mol. The number of aliphatic carboxylic acids is 1. The molecule has 0 unspecified atom stereocenters. The summed E-state index contributed by atoms with van der Waals surface area (Å²) in [5.41, 5.74) is 4.77. The van der Waals surface area contributed by atoms with Gasteiger partial charge in [0.2, 0.25) is 0 Å². The van der Waals surface area contributed by atoms with Gasteiger partial charge in [-0.2, -0.15) is 0 Å². The van der Waals surface area contributed by atoms with Crippen LogP contribution in [-0.2, 0) is 9.53 Å². The van der Waals surface area contributed by atoms with Gasteiger partial charge in [0.15, 0.2) is 6.10 Å². The Morgan fingerprint density at radius 3 is 2.17 bits per heavy atom. The summed E-state index contributed by atoms with van der Waals surface area (Å²) in [6.45, 7) is 21.8. The molecule has 2 fully saturated rings. The number of benzene rings is 1. The van der Waals surface area contributed by atoms with Crippen LogP contribution in [0.15, 0.2) is 24.3 Å². The van der Waals surface area contributed by atoms with Gasteiger partial charge in [0.05, 0.1) is 11.3 Å². The number of piperazine rings is 1. The van der Waals surface area contributed by atoms with Crippen LogP contribution in [0.2, 0.25) is 0 Å². The molecule has 4 rings (SSSR count). The number of nitrogens with zero attached hydrogens (tertiary/aromatic N) is 4. The molecule has 3 heterocycles. The number of carboxylic acids is 1. The van der Waals surface area contributed by atoms with Gasteiger partial charge in [0.25, 0.3) is 0 Å². The zero-order valence-electron chi connectivity index (χ0n) is 26.4. The molecule has 0 aliphatic carbocycles. The number of piperidine rings is 1. The molecular formula is C33H50N4O4. The number of rotatable bonds is 9. The molecule has 0 bridgehead atoms. The molecule has 8 nitrogen and oxygen atoms in total. The Kier molecular flexibility index (Phi) is 9.66. The molecule has 0 amide bonds. The fraction of sp³-hybridized carbons (Fsp3) is 0.636. The average molecular weight is 567 g/mol. The van der Waals surface area contributed by atoms with E-state index in [4.69, 9.17) is 14.5 Å². The molecule has 0 radical (unpaired) electrons. The molecule has 1 aromatic heterocycles. The minimum Gasteiger partial charge on any atom is -0.492 e. The van der Waals surface area contributed by atoms with Crippen LogP contribution < -0.4 is 9.64 Å². The highest BCUT2D eigenvalue weighted by Gasteiger charge is 2.36. The van der Waals surface area contributed by atoms with Gasteiger partial charge in [0, 0.05) is 68.3 Å². The number of hydrogen-bond acceptors (Lipinski definition) is 7. The van der Waals surface area contributed by atoms with Gasteiger partial charge in [-0.15, -0.1) is 0 Å². The number of aryl methyl sites for hydroxylation is 2. The average Bonchev–Trinajstić information content (AvgIpc) is 2.88. The Balaban J connectivity index is 1.67. The van der Waals surface area contributed by atoms with E-state index in [9.17, 15) is 9.90 Å². The van der Waals surface area contributed by atoms with E-state index >= 15 is 0 Å². The molecule has 41 heavy (non-hydrogen) atoms. The lowest BCUT2D eigenvalue weighted by Gasteiger charge is -2.41. The van der Waals surface area contributed by atoms with Crippen LogP contribution >= 0.6 is 0 Å². The lowest BCUT2D eigenvalue weighted by atomic mass is 9.82. The van der Waals surface area contributed by atoms with Crippen LogP contribution in [0.3, 0.4) is 0 Å². The highest BCUT2D eigenvalue weighted by Crippen LogP contribution is 2.45. The van der Waals surface area contributed by atoms with Crippen molar-refractivity contribution >= 4 is 11.7 Å². The zero-order chi connectivity index (χ0) is 29.9. The van der Waals surface area contributed by atoms with Crippen molar-refractivity contribution in [1.82, 2.24) is 14.8 Å². The van der Waals surface area contributed by atoms with Gasteiger partial charge in [0.1, 0.15) is 12.4 Å². The fourth-order valence-electron chi connectivity index (χ4n) is 5.84. The molecule has 2 aliphatic rings. The molecule has 2 aliphatic heterocycles. The van der Waals surface area contributed by atoms with E-state index in [2.05, 4.69) is 47.7 Å². The number of carbonyl (C=O) groups is 1. The molecule has 0 spiro atoms. The first-order chi connectivity index (χ1) is 19.2. The third-order valence-electron chi connectivity index (χ3n) is 8.39. The number of pyridine rings is 1. The topological polar surface area (TPSA) is 78.4 Å². The summed E-state index contributed by atoms with van der Waals surface area (Å²) in [5, 5.41) is 10.4. The summed E-state index contributed by atoms with van der Waals surface area (Å²) in [7, 11) is 2.17. The maximum absolute atomic E-state index is 12.7. The van der Waals surface area contributed by atoms with Crippen LogP contribution in [0.1, 0.15) is 70.5 Å². The Bertz CT molecular complexity index is 1190. The Hall–Kier alpha value is -2.68. The maximum Gasteiger partial charge on any atom is 0.337 e. The van der Waals surface area contributed by atoms with E-state index in [1.54, 1.807) is 0 Å². The van der Waals surface area contributed by atoms with E-state index in [0.29, 0.717) is 17.9 Å². The first-order valence-corrected chi connectivity index (χ1v) is 15.0. The second-order valence-electron chi connectivity index (χ2n) is 13.5. The number of likely N-dealkylation sites (N-methyl/N-ethyl adjacent to an activating group) is 1. The molecule has 226 valence electrons. The lowest BCUT2D eigenvalue weighted by Crippen LogP contribution is -2.45. The molecule has 8 heteroatoms. The minimum atomic E-state index is -1.12. The highest BCUT2D eigenvalue weighted by atomic mass is 16.5. The molecule has 1 atom stereocenters. The van der Waals surface area contributed by atoms with Crippen molar-refractivity contribution in [3.05, 3.63) is 41.2 Å². The van der Waals surface area contributed by atoms with Gasteiger partial charge < -0.3 is 24.4 Å². The van der Waals surface area contributed by atoms with Crippen molar-refractivity contribution in [2.75, 3.05) is 64.4 Å². The summed E-state index contributed by atoms with van der Waals surface area (Å²) < 4.78 is 12.3. The number of ether oxygens (including phenoxy) is 2. The predicted octanol–water partition coefficient (Wildman–Crippen LogP) is 5.56. The van der Waals surface area contributed by atoms with Gasteiger partial charge >= 0.3 is 5.97 Å². The van der Waals surface area contributed by atoms with Crippen molar-refractivity contribution in [1.29, 1.82) is 0 Å². The van der Waals surface area contributed by atoms with Crippen molar-refractivity contribution in [2.24, 2.45) is 5.41 Å². The molecule has 1 aromatic carbocycles. The summed E-state index contributed by atoms with van der Waals surface area (Å²) in [6, 6.07) is 8.18. The van der Waals surface area contributed by atoms with Crippen molar-refractivity contribution in [3.63, 3.8) is 0 Å². The molecule has 2 saturated heterocycles. The number of carboxylic acid groups (broad SMARTS) is 1. The zero-order valence-corrected chi connectivity index (χ0v) is 26.4. The van der Waals surface area contributed by atoms with E-state index in [1.165, 1.54) is 0 Å². The summed E-state index contributed by atoms with van der Waals surface area (Å²) in [6.07, 6.45) is 0.943. The first-order valence-electron chi connectivity index (χ1n) is 15.0. The molecular weight excluding hydrogens is 516 g/mol. The quantitative estimate of drug-likeness (QED) is 0.423. The summed E-state index contributed by atoms with van der Waals surface area (Å²) in [5.74, 6) is -0.163. The Morgan fingerprint density at radius 2 is 1.61 bits per heavy atom.